The lowest BCUT2D eigenvalue weighted by molar-refractivity contribution is -0.113. The summed E-state index contributed by atoms with van der Waals surface area (Å²) >= 11 is 2.55. The fourth-order valence-corrected chi connectivity index (χ4v) is 2.86. The predicted molar refractivity (Wildman–Crippen MR) is 78.3 cm³/mol. The molecule has 3 rings (SSSR count). The highest BCUT2D eigenvalue weighted by Crippen LogP contribution is 2.20. The maximum Gasteiger partial charge on any atom is 0.187 e. The lowest BCUT2D eigenvalue weighted by Gasteiger charge is -2.25. The van der Waals surface area contributed by atoms with E-state index >= 15 is 0 Å². The van der Waals surface area contributed by atoms with Gasteiger partial charge in [0, 0.05) is 35.0 Å². The highest BCUT2D eigenvalue weighted by molar-refractivity contribution is 7.03. The van der Waals surface area contributed by atoms with Crippen LogP contribution in [0.1, 0.15) is 11.4 Å². The smallest absolute Gasteiger partial charge is 0.187 e. The minimum Gasteiger partial charge on any atom is -0.298 e. The highest BCUT2D eigenvalue weighted by atomic mass is 32.1. The predicted octanol–water partition coefficient (Wildman–Crippen LogP) is 1.37. The number of rotatable bonds is 2. The first-order chi connectivity index (χ1) is 9.72. The third-order valence-electron chi connectivity index (χ3n) is 2.86. The van der Waals surface area contributed by atoms with Crippen LogP contribution in [0.25, 0.3) is 12.2 Å². The number of carbonyl (C=O) groups excluding carboxylic acids is 1. The third-order valence-corrected chi connectivity index (χ3v) is 3.91. The summed E-state index contributed by atoms with van der Waals surface area (Å²) < 4.78 is 7.60. The van der Waals surface area contributed by atoms with Crippen LogP contribution in [0.3, 0.4) is 0 Å². The maximum atomic E-state index is 12.5. The zero-order chi connectivity index (χ0) is 13.9. The Labute approximate surface area is 123 Å². The van der Waals surface area contributed by atoms with Crippen molar-refractivity contribution in [2.45, 2.75) is 0 Å². The molecule has 0 radical (unpaired) electrons. The molecular formula is C12H11N5OS2. The van der Waals surface area contributed by atoms with Crippen LogP contribution in [0.5, 0.6) is 0 Å². The number of piperidine rings is 1. The van der Waals surface area contributed by atoms with Gasteiger partial charge in [-0.05, 0) is 42.3 Å². The van der Waals surface area contributed by atoms with Crippen LogP contribution in [-0.4, -0.2) is 50.0 Å². The third kappa shape index (κ3) is 2.87. The average molecular weight is 305 g/mol. The van der Waals surface area contributed by atoms with Gasteiger partial charge in [-0.3, -0.25) is 9.69 Å². The fraction of sp³-hybridized carbons (Fsp3) is 0.250. The highest BCUT2D eigenvalue weighted by Gasteiger charge is 2.24. The molecule has 8 heteroatoms. The van der Waals surface area contributed by atoms with E-state index in [2.05, 4.69) is 24.1 Å². The van der Waals surface area contributed by atoms with Gasteiger partial charge in [-0.15, -0.1) is 10.2 Å². The summed E-state index contributed by atoms with van der Waals surface area (Å²) in [6.07, 6.45) is 3.60. The van der Waals surface area contributed by atoms with Gasteiger partial charge in [-0.1, -0.05) is 8.98 Å². The van der Waals surface area contributed by atoms with Crippen molar-refractivity contribution in [3.8, 4) is 0 Å². The van der Waals surface area contributed by atoms with Crippen LogP contribution >= 0.6 is 23.1 Å². The van der Waals surface area contributed by atoms with E-state index in [1.165, 1.54) is 23.1 Å². The molecule has 0 spiro atoms. The molecule has 2 aromatic heterocycles. The van der Waals surface area contributed by atoms with Gasteiger partial charge in [0.15, 0.2) is 5.78 Å². The van der Waals surface area contributed by atoms with Crippen molar-refractivity contribution < 1.29 is 4.79 Å². The molecule has 0 amide bonds. The number of hydrogen-bond acceptors (Lipinski definition) is 8. The van der Waals surface area contributed by atoms with E-state index in [0.29, 0.717) is 13.1 Å². The van der Waals surface area contributed by atoms with Gasteiger partial charge in [-0.25, -0.2) is 0 Å². The molecule has 1 fully saturated rings. The van der Waals surface area contributed by atoms with E-state index in [1.807, 2.05) is 17.8 Å². The first kappa shape index (κ1) is 13.2. The molecule has 0 N–H and O–H groups in total. The topological polar surface area (TPSA) is 71.9 Å². The van der Waals surface area contributed by atoms with Gasteiger partial charge in [0.05, 0.1) is 11.4 Å². The number of aromatic nitrogens is 4. The summed E-state index contributed by atoms with van der Waals surface area (Å²) in [7, 11) is 1.98. The fourth-order valence-electron chi connectivity index (χ4n) is 2.04. The zero-order valence-electron chi connectivity index (χ0n) is 10.7. The van der Waals surface area contributed by atoms with Crippen LogP contribution in [0.15, 0.2) is 21.9 Å². The second-order valence-electron chi connectivity index (χ2n) is 4.50. The summed E-state index contributed by atoms with van der Waals surface area (Å²) in [5.41, 5.74) is 2.90. The molecule has 2 aromatic rings. The molecule has 0 atom stereocenters. The first-order valence-corrected chi connectivity index (χ1v) is 7.58. The molecule has 0 saturated carbocycles. The van der Waals surface area contributed by atoms with Crippen molar-refractivity contribution in [2.24, 2.45) is 0 Å². The Morgan fingerprint density at radius 1 is 1.05 bits per heavy atom. The molecule has 0 aliphatic carbocycles. The van der Waals surface area contributed by atoms with Gasteiger partial charge < -0.3 is 0 Å². The van der Waals surface area contributed by atoms with Gasteiger partial charge in [0.2, 0.25) is 0 Å². The molecule has 1 aliphatic rings. The number of likely N-dealkylation sites (tertiary alicyclic amines) is 1. The second-order valence-corrected chi connectivity index (χ2v) is 5.72. The standard InChI is InChI=1S/C12H11N5OS2/c1-17-4-8(2-10-6-19-15-13-10)12(18)9(5-17)3-11-7-20-16-14-11/h2-3,6-7H,4-5H2,1H3/b8-2-,9-3-. The SMILES string of the molecule is CN1C/C(=C/c2csnn2)C(=O)/C(=C\c2csnn2)C1. The number of Topliss-reactive ketones (excluding diaryl/α,β-unsaturated/α-hetero) is 1. The van der Waals surface area contributed by atoms with E-state index in [9.17, 15) is 4.79 Å². The van der Waals surface area contributed by atoms with Crippen molar-refractivity contribution in [3.63, 3.8) is 0 Å². The van der Waals surface area contributed by atoms with Crippen molar-refractivity contribution in [2.75, 3.05) is 20.1 Å². The largest absolute Gasteiger partial charge is 0.298 e. The van der Waals surface area contributed by atoms with Crippen LogP contribution in [0.2, 0.25) is 0 Å². The molecule has 0 aromatic carbocycles. The Hall–Kier alpha value is -1.77. The number of likely N-dealkylation sites (N-methyl/N-ethyl adjacent to an activating group) is 1. The summed E-state index contributed by atoms with van der Waals surface area (Å²) in [6.45, 7) is 1.23. The van der Waals surface area contributed by atoms with Crippen molar-refractivity contribution in [1.82, 2.24) is 24.1 Å². The number of ketones is 1. The van der Waals surface area contributed by atoms with Crippen LogP contribution in [0.4, 0.5) is 0 Å². The Morgan fingerprint density at radius 2 is 1.55 bits per heavy atom. The molecule has 1 saturated heterocycles. The van der Waals surface area contributed by atoms with Gasteiger partial charge in [-0.2, -0.15) is 0 Å². The van der Waals surface area contributed by atoms with Gasteiger partial charge in [0.1, 0.15) is 0 Å². The summed E-state index contributed by atoms with van der Waals surface area (Å²) in [4.78, 5) is 14.6. The Balaban J connectivity index is 1.92. The Morgan fingerprint density at radius 3 is 1.95 bits per heavy atom. The summed E-state index contributed by atoms with van der Waals surface area (Å²) in [6, 6.07) is 0. The van der Waals surface area contributed by atoms with Crippen LogP contribution < -0.4 is 0 Å². The molecule has 3 heterocycles. The average Bonchev–Trinajstić information content (AvgIpc) is 3.08. The Kier molecular flexibility index (Phi) is 3.77. The van der Waals surface area contributed by atoms with E-state index in [4.69, 9.17) is 0 Å². The number of hydrogen-bond donors (Lipinski definition) is 0. The molecule has 102 valence electrons. The van der Waals surface area contributed by atoms with Crippen molar-refractivity contribution in [1.29, 1.82) is 0 Å². The molecule has 20 heavy (non-hydrogen) atoms. The van der Waals surface area contributed by atoms with Crippen LogP contribution in [-0.2, 0) is 4.79 Å². The lowest BCUT2D eigenvalue weighted by atomic mass is 9.96. The van der Waals surface area contributed by atoms with Crippen molar-refractivity contribution in [3.05, 3.63) is 33.3 Å². The minimum atomic E-state index is 0.0455. The maximum absolute atomic E-state index is 12.5. The monoisotopic (exact) mass is 305 g/mol. The molecule has 0 unspecified atom stereocenters. The van der Waals surface area contributed by atoms with Crippen molar-refractivity contribution >= 4 is 41.0 Å². The lowest BCUT2D eigenvalue weighted by Crippen LogP contribution is -2.34. The van der Waals surface area contributed by atoms with Gasteiger partial charge in [0.25, 0.3) is 0 Å². The second kappa shape index (κ2) is 5.70. The molecule has 1 aliphatic heterocycles. The van der Waals surface area contributed by atoms with Crippen LogP contribution in [0, 0.1) is 0 Å². The zero-order valence-corrected chi connectivity index (χ0v) is 12.3. The summed E-state index contributed by atoms with van der Waals surface area (Å²) in [5.74, 6) is 0.0455. The van der Waals surface area contributed by atoms with E-state index in [1.54, 1.807) is 12.2 Å². The normalized spacial score (nSPS) is 20.9. The van der Waals surface area contributed by atoms with E-state index in [-0.39, 0.29) is 5.78 Å². The van der Waals surface area contributed by atoms with Gasteiger partial charge >= 0.3 is 0 Å². The molecule has 0 bridgehead atoms. The quantitative estimate of drug-likeness (QED) is 0.780. The minimum absolute atomic E-state index is 0.0455. The van der Waals surface area contributed by atoms with E-state index < -0.39 is 0 Å². The number of nitrogens with zero attached hydrogens (tertiary/aromatic N) is 5. The first-order valence-electron chi connectivity index (χ1n) is 5.91. The molecule has 6 nitrogen and oxygen atoms in total. The Bertz CT molecular complexity index is 604. The van der Waals surface area contributed by atoms with E-state index in [0.717, 1.165) is 22.5 Å². The molecular weight excluding hydrogens is 294 g/mol. The summed E-state index contributed by atoms with van der Waals surface area (Å²) in [5, 5.41) is 11.5. The number of carbonyl (C=O) groups is 1.